The van der Waals surface area contributed by atoms with Crippen LogP contribution < -0.4 is 0 Å². The monoisotopic (exact) mass is 284 g/mol. The fourth-order valence-electron chi connectivity index (χ4n) is 2.25. The van der Waals surface area contributed by atoms with Gasteiger partial charge in [-0.1, -0.05) is 0 Å². The molecule has 0 aromatic carbocycles. The fourth-order valence-corrected chi connectivity index (χ4v) is 5.25. The standard InChI is InChI=1S/C12H16N2O2S2/c1-9-7-11(10(2)17-9)18(15,16)14(3)12(8-13)5-4-6-12/h7H,4-6H2,1-3H3. The summed E-state index contributed by atoms with van der Waals surface area (Å²) < 4.78 is 26.4. The van der Waals surface area contributed by atoms with Crippen molar-refractivity contribution in [1.29, 1.82) is 5.26 Å². The van der Waals surface area contributed by atoms with Crippen LogP contribution in [0.3, 0.4) is 0 Å². The van der Waals surface area contributed by atoms with Gasteiger partial charge in [-0.2, -0.15) is 9.57 Å². The minimum atomic E-state index is -3.56. The molecule has 2 rings (SSSR count). The minimum Gasteiger partial charge on any atom is -0.207 e. The summed E-state index contributed by atoms with van der Waals surface area (Å²) in [6.45, 7) is 3.69. The Balaban J connectivity index is 2.44. The molecule has 98 valence electrons. The Kier molecular flexibility index (Phi) is 3.26. The molecular formula is C12H16N2O2S2. The van der Waals surface area contributed by atoms with Crippen LogP contribution in [0.15, 0.2) is 11.0 Å². The average molecular weight is 284 g/mol. The highest BCUT2D eigenvalue weighted by molar-refractivity contribution is 7.89. The van der Waals surface area contributed by atoms with E-state index in [9.17, 15) is 13.7 Å². The average Bonchev–Trinajstić information content (AvgIpc) is 2.57. The number of thiophene rings is 1. The second-order valence-corrected chi connectivity index (χ2v) is 8.15. The predicted octanol–water partition coefficient (Wildman–Crippen LogP) is 2.43. The Bertz CT molecular complexity index is 607. The third-order valence-electron chi connectivity index (χ3n) is 3.63. The number of aryl methyl sites for hydroxylation is 2. The van der Waals surface area contributed by atoms with Gasteiger partial charge in [0.25, 0.3) is 0 Å². The van der Waals surface area contributed by atoms with Gasteiger partial charge in [-0.15, -0.1) is 11.3 Å². The molecule has 1 fully saturated rings. The highest BCUT2D eigenvalue weighted by Gasteiger charge is 2.47. The number of rotatable bonds is 3. The molecule has 6 heteroatoms. The maximum absolute atomic E-state index is 12.5. The lowest BCUT2D eigenvalue weighted by atomic mass is 9.78. The topological polar surface area (TPSA) is 61.2 Å². The molecule has 1 aliphatic rings. The molecule has 0 atom stereocenters. The normalized spacial score (nSPS) is 18.4. The van der Waals surface area contributed by atoms with Crippen LogP contribution in [0.5, 0.6) is 0 Å². The van der Waals surface area contributed by atoms with Crippen molar-refractivity contribution in [3.63, 3.8) is 0 Å². The Hall–Kier alpha value is -0.900. The van der Waals surface area contributed by atoms with Crippen molar-refractivity contribution in [2.75, 3.05) is 7.05 Å². The zero-order chi connectivity index (χ0) is 13.6. The summed E-state index contributed by atoms with van der Waals surface area (Å²) in [4.78, 5) is 2.10. The lowest BCUT2D eigenvalue weighted by molar-refractivity contribution is 0.171. The van der Waals surface area contributed by atoms with Crippen molar-refractivity contribution in [3.8, 4) is 6.07 Å². The SMILES string of the molecule is Cc1cc(S(=O)(=O)N(C)C2(C#N)CCC2)c(C)s1. The first-order valence-corrected chi connectivity index (χ1v) is 8.06. The molecule has 0 unspecified atom stereocenters. The van der Waals surface area contributed by atoms with Gasteiger partial charge in [0, 0.05) is 16.8 Å². The Morgan fingerprint density at radius 2 is 2.06 bits per heavy atom. The first kappa shape index (κ1) is 13.5. The van der Waals surface area contributed by atoms with Crippen LogP contribution in [0.25, 0.3) is 0 Å². The van der Waals surface area contributed by atoms with Crippen LogP contribution in [-0.4, -0.2) is 25.3 Å². The summed E-state index contributed by atoms with van der Waals surface area (Å²) in [6, 6.07) is 3.86. The molecule has 0 radical (unpaired) electrons. The second-order valence-electron chi connectivity index (χ2n) is 4.75. The molecular weight excluding hydrogens is 268 g/mol. The lowest BCUT2D eigenvalue weighted by Crippen LogP contribution is -2.53. The highest BCUT2D eigenvalue weighted by atomic mass is 32.2. The fraction of sp³-hybridized carbons (Fsp3) is 0.583. The van der Waals surface area contributed by atoms with Gasteiger partial charge < -0.3 is 0 Å². The van der Waals surface area contributed by atoms with Gasteiger partial charge in [0.15, 0.2) is 0 Å². The van der Waals surface area contributed by atoms with E-state index in [2.05, 4.69) is 6.07 Å². The third-order valence-corrected chi connectivity index (χ3v) is 6.77. The molecule has 1 saturated carbocycles. The van der Waals surface area contributed by atoms with Gasteiger partial charge in [-0.25, -0.2) is 8.42 Å². The lowest BCUT2D eigenvalue weighted by Gasteiger charge is -2.41. The molecule has 1 aliphatic carbocycles. The molecule has 0 bridgehead atoms. The van der Waals surface area contributed by atoms with E-state index in [-0.39, 0.29) is 0 Å². The van der Waals surface area contributed by atoms with Crippen LogP contribution in [0.4, 0.5) is 0 Å². The molecule has 4 nitrogen and oxygen atoms in total. The first-order valence-electron chi connectivity index (χ1n) is 5.81. The smallest absolute Gasteiger partial charge is 0.207 e. The number of nitriles is 1. The quantitative estimate of drug-likeness (QED) is 0.856. The summed E-state index contributed by atoms with van der Waals surface area (Å²) in [6.07, 6.45) is 2.16. The van der Waals surface area contributed by atoms with E-state index in [1.165, 1.54) is 22.7 Å². The third kappa shape index (κ3) is 1.87. The molecule has 1 aromatic rings. The minimum absolute atomic E-state index is 0.342. The van der Waals surface area contributed by atoms with Crippen molar-refractivity contribution in [2.24, 2.45) is 0 Å². The van der Waals surface area contributed by atoms with Crippen LogP contribution in [0.1, 0.15) is 29.0 Å². The van der Waals surface area contributed by atoms with Crippen molar-refractivity contribution in [1.82, 2.24) is 4.31 Å². The zero-order valence-corrected chi connectivity index (χ0v) is 12.4. The molecule has 0 N–H and O–H groups in total. The van der Waals surface area contributed by atoms with Crippen LogP contribution in [0.2, 0.25) is 0 Å². The van der Waals surface area contributed by atoms with Gasteiger partial charge >= 0.3 is 0 Å². The zero-order valence-electron chi connectivity index (χ0n) is 10.7. The van der Waals surface area contributed by atoms with Gasteiger partial charge in [0.2, 0.25) is 10.0 Å². The van der Waals surface area contributed by atoms with Crippen molar-refractivity contribution >= 4 is 21.4 Å². The molecule has 0 spiro atoms. The van der Waals surface area contributed by atoms with E-state index in [1.807, 2.05) is 6.92 Å². The van der Waals surface area contributed by atoms with E-state index < -0.39 is 15.6 Å². The van der Waals surface area contributed by atoms with E-state index in [4.69, 9.17) is 0 Å². The molecule has 0 amide bonds. The van der Waals surface area contributed by atoms with E-state index in [0.29, 0.717) is 17.7 Å². The van der Waals surface area contributed by atoms with Gasteiger partial charge in [-0.3, -0.25) is 0 Å². The van der Waals surface area contributed by atoms with Crippen molar-refractivity contribution in [2.45, 2.75) is 43.5 Å². The van der Waals surface area contributed by atoms with Crippen molar-refractivity contribution in [3.05, 3.63) is 15.8 Å². The highest BCUT2D eigenvalue weighted by Crippen LogP contribution is 2.40. The largest absolute Gasteiger partial charge is 0.245 e. The Labute approximate surface area is 112 Å². The number of hydrogen-bond acceptors (Lipinski definition) is 4. The predicted molar refractivity (Wildman–Crippen MR) is 70.9 cm³/mol. The molecule has 1 aromatic heterocycles. The van der Waals surface area contributed by atoms with Crippen LogP contribution in [-0.2, 0) is 10.0 Å². The van der Waals surface area contributed by atoms with Crippen LogP contribution in [0, 0.1) is 25.2 Å². The van der Waals surface area contributed by atoms with Gasteiger partial charge in [-0.05, 0) is 39.2 Å². The summed E-state index contributed by atoms with van der Waals surface area (Å²) in [5.41, 5.74) is -0.832. The molecule has 0 aliphatic heterocycles. The van der Waals surface area contributed by atoms with Crippen molar-refractivity contribution < 1.29 is 8.42 Å². The number of sulfonamides is 1. The summed E-state index contributed by atoms with van der Waals surface area (Å²) in [5.74, 6) is 0. The molecule has 1 heterocycles. The Morgan fingerprint density at radius 3 is 2.39 bits per heavy atom. The van der Waals surface area contributed by atoms with Gasteiger partial charge in [0.05, 0.1) is 11.0 Å². The summed E-state index contributed by atoms with van der Waals surface area (Å²) >= 11 is 1.47. The maximum Gasteiger partial charge on any atom is 0.245 e. The molecule has 0 saturated heterocycles. The van der Waals surface area contributed by atoms with Crippen LogP contribution >= 0.6 is 11.3 Å². The summed E-state index contributed by atoms with van der Waals surface area (Å²) in [7, 11) is -2.04. The summed E-state index contributed by atoms with van der Waals surface area (Å²) in [5, 5.41) is 9.24. The van der Waals surface area contributed by atoms with Gasteiger partial charge in [0.1, 0.15) is 5.54 Å². The Morgan fingerprint density at radius 1 is 1.44 bits per heavy atom. The van der Waals surface area contributed by atoms with E-state index in [0.717, 1.165) is 16.2 Å². The van der Waals surface area contributed by atoms with E-state index in [1.54, 1.807) is 13.0 Å². The second kappa shape index (κ2) is 4.34. The first-order chi connectivity index (χ1) is 8.33. The number of nitrogens with zero attached hydrogens (tertiary/aromatic N) is 2. The maximum atomic E-state index is 12.5. The molecule has 18 heavy (non-hydrogen) atoms. The van der Waals surface area contributed by atoms with E-state index >= 15 is 0 Å². The number of hydrogen-bond donors (Lipinski definition) is 0.